The van der Waals surface area contributed by atoms with Gasteiger partial charge in [0.15, 0.2) is 0 Å². The summed E-state index contributed by atoms with van der Waals surface area (Å²) in [5.74, 6) is -0.985. The van der Waals surface area contributed by atoms with Gasteiger partial charge in [0, 0.05) is 29.9 Å². The monoisotopic (exact) mass is 392 g/mol. The number of aromatic nitrogens is 1. The molecule has 0 saturated heterocycles. The second-order valence-electron chi connectivity index (χ2n) is 6.57. The van der Waals surface area contributed by atoms with Gasteiger partial charge in [-0.1, -0.05) is 24.8 Å². The van der Waals surface area contributed by atoms with E-state index in [4.69, 9.17) is 10.8 Å². The summed E-state index contributed by atoms with van der Waals surface area (Å²) in [5, 5.41) is 12.5. The van der Waals surface area contributed by atoms with Crippen molar-refractivity contribution in [2.24, 2.45) is 5.73 Å². The van der Waals surface area contributed by atoms with Gasteiger partial charge in [0.05, 0.1) is 17.6 Å². The van der Waals surface area contributed by atoms with Crippen molar-refractivity contribution in [1.82, 2.24) is 9.88 Å². The third kappa shape index (κ3) is 4.11. The van der Waals surface area contributed by atoms with Crippen LogP contribution in [0.1, 0.15) is 10.4 Å². The lowest BCUT2D eigenvalue weighted by molar-refractivity contribution is -0.113. The van der Waals surface area contributed by atoms with Gasteiger partial charge < -0.3 is 26.0 Å². The summed E-state index contributed by atoms with van der Waals surface area (Å²) < 4.78 is 0. The molecule has 0 aliphatic heterocycles. The quantitative estimate of drug-likeness (QED) is 0.481. The van der Waals surface area contributed by atoms with Gasteiger partial charge in [-0.15, -0.1) is 0 Å². The zero-order valence-electron chi connectivity index (χ0n) is 15.7. The Kier molecular flexibility index (Phi) is 5.36. The number of carbonyl (C=O) groups is 3. The number of nitrogens with one attached hydrogen (secondary N) is 2. The molecule has 1 aromatic heterocycles. The average Bonchev–Trinajstić information content (AvgIpc) is 3.16. The standard InChI is InChI=1S/C21H20N4O4/c1-12(11-25(2)21(28)29)20(27)24-14-5-3-4-13(10-14)15-6-7-17(19(22)26)18-16(15)8-9-23-18/h3-10,23H,1,11H2,2H3,(H2,22,26)(H,24,27)(H,28,29). The Bertz CT molecular complexity index is 1130. The number of aromatic amines is 1. The van der Waals surface area contributed by atoms with E-state index in [0.717, 1.165) is 21.4 Å². The predicted molar refractivity (Wildman–Crippen MR) is 111 cm³/mol. The zero-order valence-corrected chi connectivity index (χ0v) is 15.7. The van der Waals surface area contributed by atoms with Crippen LogP contribution in [0.2, 0.25) is 0 Å². The molecule has 0 radical (unpaired) electrons. The molecule has 0 aliphatic carbocycles. The highest BCUT2D eigenvalue weighted by Crippen LogP contribution is 2.31. The molecule has 3 aromatic rings. The summed E-state index contributed by atoms with van der Waals surface area (Å²) in [7, 11) is 1.36. The van der Waals surface area contributed by atoms with E-state index in [2.05, 4.69) is 16.9 Å². The number of fused-ring (bicyclic) bond motifs is 1. The Morgan fingerprint density at radius 1 is 1.21 bits per heavy atom. The molecule has 0 spiro atoms. The third-order valence-corrected chi connectivity index (χ3v) is 4.50. The number of likely N-dealkylation sites (N-methyl/N-ethyl adjacent to an activating group) is 1. The molecule has 2 aromatic carbocycles. The highest BCUT2D eigenvalue weighted by Gasteiger charge is 2.15. The fourth-order valence-electron chi connectivity index (χ4n) is 3.02. The molecular weight excluding hydrogens is 372 g/mol. The van der Waals surface area contributed by atoms with Gasteiger partial charge in [0.25, 0.3) is 11.8 Å². The number of nitrogens with two attached hydrogens (primary N) is 1. The molecule has 3 amide bonds. The van der Waals surface area contributed by atoms with Gasteiger partial charge in [0.2, 0.25) is 0 Å². The van der Waals surface area contributed by atoms with Crippen LogP contribution < -0.4 is 11.1 Å². The molecule has 0 fully saturated rings. The Hall–Kier alpha value is -4.07. The topological polar surface area (TPSA) is 129 Å². The van der Waals surface area contributed by atoms with Crippen LogP contribution in [0, 0.1) is 0 Å². The number of hydrogen-bond donors (Lipinski definition) is 4. The molecule has 29 heavy (non-hydrogen) atoms. The maximum atomic E-state index is 12.3. The zero-order chi connectivity index (χ0) is 21.1. The van der Waals surface area contributed by atoms with Crippen molar-refractivity contribution in [3.63, 3.8) is 0 Å². The summed E-state index contributed by atoms with van der Waals surface area (Å²) in [4.78, 5) is 38.8. The largest absolute Gasteiger partial charge is 0.465 e. The van der Waals surface area contributed by atoms with Crippen molar-refractivity contribution in [3.8, 4) is 11.1 Å². The van der Waals surface area contributed by atoms with Crippen molar-refractivity contribution in [3.05, 3.63) is 66.4 Å². The van der Waals surface area contributed by atoms with Crippen molar-refractivity contribution >= 4 is 34.5 Å². The summed E-state index contributed by atoms with van der Waals surface area (Å²) in [6.07, 6.45) is 0.589. The third-order valence-electron chi connectivity index (χ3n) is 4.50. The number of primary amides is 1. The number of carboxylic acid groups (broad SMARTS) is 1. The highest BCUT2D eigenvalue weighted by atomic mass is 16.4. The Balaban J connectivity index is 1.86. The van der Waals surface area contributed by atoms with E-state index in [-0.39, 0.29) is 12.1 Å². The normalized spacial score (nSPS) is 10.5. The minimum absolute atomic E-state index is 0.0978. The highest BCUT2D eigenvalue weighted by molar-refractivity contribution is 6.09. The Morgan fingerprint density at radius 3 is 2.66 bits per heavy atom. The minimum Gasteiger partial charge on any atom is -0.465 e. The van der Waals surface area contributed by atoms with Gasteiger partial charge in [-0.2, -0.15) is 0 Å². The number of nitrogens with zero attached hydrogens (tertiary/aromatic N) is 1. The van der Waals surface area contributed by atoms with E-state index >= 15 is 0 Å². The van der Waals surface area contributed by atoms with Crippen molar-refractivity contribution < 1.29 is 19.5 Å². The van der Waals surface area contributed by atoms with Gasteiger partial charge in [-0.05, 0) is 35.4 Å². The molecule has 148 valence electrons. The number of amides is 3. The molecule has 0 atom stereocenters. The van der Waals surface area contributed by atoms with Crippen molar-refractivity contribution in [2.45, 2.75) is 0 Å². The van der Waals surface area contributed by atoms with Crippen molar-refractivity contribution in [2.75, 3.05) is 18.9 Å². The van der Waals surface area contributed by atoms with Gasteiger partial charge in [0.1, 0.15) is 0 Å². The van der Waals surface area contributed by atoms with E-state index in [1.54, 1.807) is 36.5 Å². The van der Waals surface area contributed by atoms with Crippen LogP contribution in [-0.2, 0) is 4.79 Å². The lowest BCUT2D eigenvalue weighted by Crippen LogP contribution is -2.30. The molecule has 5 N–H and O–H groups in total. The number of anilines is 1. The second-order valence-corrected chi connectivity index (χ2v) is 6.57. The van der Waals surface area contributed by atoms with Crippen LogP contribution in [0.25, 0.3) is 22.0 Å². The number of carbonyl (C=O) groups excluding carboxylic acids is 2. The maximum absolute atomic E-state index is 12.3. The van der Waals surface area contributed by atoms with E-state index < -0.39 is 17.9 Å². The lowest BCUT2D eigenvalue weighted by atomic mass is 9.98. The Labute approximate surface area is 166 Å². The van der Waals surface area contributed by atoms with Crippen molar-refractivity contribution in [1.29, 1.82) is 0 Å². The molecule has 0 bridgehead atoms. The average molecular weight is 392 g/mol. The van der Waals surface area contributed by atoms with Gasteiger partial charge in [-0.3, -0.25) is 9.59 Å². The molecule has 3 rings (SSSR count). The van der Waals surface area contributed by atoms with Crippen LogP contribution >= 0.6 is 0 Å². The molecule has 1 heterocycles. The van der Waals surface area contributed by atoms with Gasteiger partial charge >= 0.3 is 6.09 Å². The fraction of sp³-hybridized carbons (Fsp3) is 0.0952. The van der Waals surface area contributed by atoms with E-state index in [1.807, 2.05) is 12.1 Å². The van der Waals surface area contributed by atoms with E-state index in [0.29, 0.717) is 16.8 Å². The number of rotatable bonds is 6. The first-order valence-corrected chi connectivity index (χ1v) is 8.71. The molecule has 0 saturated carbocycles. The van der Waals surface area contributed by atoms with Crippen LogP contribution in [-0.4, -0.2) is 46.5 Å². The molecule has 8 nitrogen and oxygen atoms in total. The van der Waals surface area contributed by atoms with Crippen LogP contribution in [0.5, 0.6) is 0 Å². The van der Waals surface area contributed by atoms with Gasteiger partial charge in [-0.25, -0.2) is 4.79 Å². The maximum Gasteiger partial charge on any atom is 0.407 e. The smallest absolute Gasteiger partial charge is 0.407 e. The fourth-order valence-corrected chi connectivity index (χ4v) is 3.02. The second kappa shape index (κ2) is 7.89. The molecule has 0 unspecified atom stereocenters. The van der Waals surface area contributed by atoms with Crippen LogP contribution in [0.4, 0.5) is 10.5 Å². The van der Waals surface area contributed by atoms with Crippen LogP contribution in [0.15, 0.2) is 60.8 Å². The first-order valence-electron chi connectivity index (χ1n) is 8.71. The molecule has 0 aliphatic rings. The van der Waals surface area contributed by atoms with E-state index in [1.165, 1.54) is 7.05 Å². The summed E-state index contributed by atoms with van der Waals surface area (Å²) in [5.41, 5.74) is 8.84. The predicted octanol–water partition coefficient (Wildman–Crippen LogP) is 3.04. The number of H-pyrrole nitrogens is 1. The van der Waals surface area contributed by atoms with E-state index in [9.17, 15) is 14.4 Å². The SMILES string of the molecule is C=C(CN(C)C(=O)O)C(=O)Nc1cccc(-c2ccc(C(N)=O)c3[nH]ccc23)c1. The molecular formula is C21H20N4O4. The number of benzene rings is 2. The lowest BCUT2D eigenvalue weighted by Gasteiger charge is -2.15. The summed E-state index contributed by atoms with van der Waals surface area (Å²) in [6, 6.07) is 12.5. The molecule has 8 heteroatoms. The first kappa shape index (κ1) is 19.7. The minimum atomic E-state index is -1.14. The summed E-state index contributed by atoms with van der Waals surface area (Å²) >= 11 is 0. The number of hydrogen-bond acceptors (Lipinski definition) is 3. The van der Waals surface area contributed by atoms with Crippen LogP contribution in [0.3, 0.4) is 0 Å². The summed E-state index contributed by atoms with van der Waals surface area (Å²) in [6.45, 7) is 3.55. The Morgan fingerprint density at radius 2 is 1.97 bits per heavy atom. The first-order chi connectivity index (χ1) is 13.8.